The van der Waals surface area contributed by atoms with Crippen molar-refractivity contribution >= 4 is 5.96 Å². The van der Waals surface area contributed by atoms with Crippen LogP contribution in [0.3, 0.4) is 0 Å². The predicted octanol–water partition coefficient (Wildman–Crippen LogP) is 1.63. The molecular formula is C17H27N7. The normalized spacial score (nSPS) is 21.9. The predicted molar refractivity (Wildman–Crippen MR) is 94.8 cm³/mol. The lowest BCUT2D eigenvalue weighted by Gasteiger charge is -2.39. The van der Waals surface area contributed by atoms with Gasteiger partial charge in [0.1, 0.15) is 0 Å². The van der Waals surface area contributed by atoms with Crippen molar-refractivity contribution in [2.75, 3.05) is 26.7 Å². The molecule has 0 aromatic carbocycles. The Labute approximate surface area is 143 Å². The van der Waals surface area contributed by atoms with E-state index >= 15 is 0 Å². The lowest BCUT2D eigenvalue weighted by Crippen LogP contribution is -2.49. The summed E-state index contributed by atoms with van der Waals surface area (Å²) in [5.74, 6) is 1.64. The Morgan fingerprint density at radius 3 is 2.96 bits per heavy atom. The Bertz CT molecular complexity index is 617. The van der Waals surface area contributed by atoms with Crippen molar-refractivity contribution in [1.29, 1.82) is 0 Å². The number of piperidine rings is 1. The molecular weight excluding hydrogens is 302 g/mol. The topological polar surface area (TPSA) is 63.3 Å². The minimum Gasteiger partial charge on any atom is -0.356 e. The third-order valence-electron chi connectivity index (χ3n) is 4.74. The Morgan fingerprint density at radius 1 is 1.33 bits per heavy atom. The molecule has 2 unspecified atom stereocenters. The van der Waals surface area contributed by atoms with Crippen LogP contribution in [-0.2, 0) is 6.54 Å². The van der Waals surface area contributed by atoms with Crippen molar-refractivity contribution < 1.29 is 0 Å². The second-order valence-electron chi connectivity index (χ2n) is 6.39. The van der Waals surface area contributed by atoms with Gasteiger partial charge in [-0.3, -0.25) is 9.67 Å². The summed E-state index contributed by atoms with van der Waals surface area (Å²) in [4.78, 5) is 11.0. The highest BCUT2D eigenvalue weighted by Gasteiger charge is 2.28. The molecule has 0 bridgehead atoms. The van der Waals surface area contributed by atoms with Gasteiger partial charge in [-0.15, -0.1) is 0 Å². The number of aromatic nitrogens is 4. The van der Waals surface area contributed by atoms with Gasteiger partial charge in [0.25, 0.3) is 0 Å². The van der Waals surface area contributed by atoms with Crippen molar-refractivity contribution in [2.24, 2.45) is 10.9 Å². The van der Waals surface area contributed by atoms with Gasteiger partial charge in [0.2, 0.25) is 0 Å². The summed E-state index contributed by atoms with van der Waals surface area (Å²) in [6.45, 7) is 6.16. The molecule has 0 amide bonds. The number of rotatable bonds is 5. The molecule has 0 radical (unpaired) electrons. The molecule has 0 saturated carbocycles. The van der Waals surface area contributed by atoms with Gasteiger partial charge in [0.15, 0.2) is 5.96 Å². The Hall–Kier alpha value is -2.31. The summed E-state index contributed by atoms with van der Waals surface area (Å²) < 4.78 is 4.18. The third-order valence-corrected chi connectivity index (χ3v) is 4.74. The monoisotopic (exact) mass is 329 g/mol. The number of aryl methyl sites for hydroxylation is 1. The highest BCUT2D eigenvalue weighted by Crippen LogP contribution is 2.27. The molecule has 0 spiro atoms. The zero-order valence-electron chi connectivity index (χ0n) is 14.5. The molecule has 7 nitrogen and oxygen atoms in total. The minimum absolute atomic E-state index is 0.448. The molecule has 1 N–H and O–H groups in total. The molecule has 7 heteroatoms. The zero-order valence-corrected chi connectivity index (χ0v) is 14.5. The Balaban J connectivity index is 1.51. The van der Waals surface area contributed by atoms with Gasteiger partial charge in [-0.05, 0) is 24.8 Å². The quantitative estimate of drug-likeness (QED) is 0.514. The average molecular weight is 329 g/mol. The number of hydrogen-bond donors (Lipinski definition) is 1. The van der Waals surface area contributed by atoms with Gasteiger partial charge in [-0.25, -0.2) is 4.98 Å². The summed E-state index contributed by atoms with van der Waals surface area (Å²) in [5, 5.41) is 7.72. The molecule has 3 heterocycles. The smallest absolute Gasteiger partial charge is 0.193 e. The highest BCUT2D eigenvalue weighted by atomic mass is 15.3. The summed E-state index contributed by atoms with van der Waals surface area (Å²) in [6.07, 6.45) is 11.8. The maximum absolute atomic E-state index is 4.47. The molecule has 0 aliphatic carbocycles. The van der Waals surface area contributed by atoms with Crippen LogP contribution in [0, 0.1) is 5.92 Å². The summed E-state index contributed by atoms with van der Waals surface area (Å²) in [7, 11) is 1.86. The summed E-state index contributed by atoms with van der Waals surface area (Å²) in [6, 6.07) is 2.40. The first kappa shape index (κ1) is 16.5. The number of imidazole rings is 1. The number of nitrogens with one attached hydrogen (secondary N) is 1. The van der Waals surface area contributed by atoms with Crippen molar-refractivity contribution in [1.82, 2.24) is 29.5 Å². The molecule has 1 saturated heterocycles. The number of likely N-dealkylation sites (tertiary alicyclic amines) is 1. The van der Waals surface area contributed by atoms with Crippen LogP contribution in [0.25, 0.3) is 0 Å². The van der Waals surface area contributed by atoms with Gasteiger partial charge in [-0.2, -0.15) is 5.10 Å². The van der Waals surface area contributed by atoms with Gasteiger partial charge in [-0.1, -0.05) is 6.92 Å². The number of aliphatic imine (C=N–C) groups is 1. The van der Waals surface area contributed by atoms with Crippen molar-refractivity contribution in [3.63, 3.8) is 0 Å². The van der Waals surface area contributed by atoms with Gasteiger partial charge < -0.3 is 14.8 Å². The van der Waals surface area contributed by atoms with E-state index in [1.807, 2.05) is 42.7 Å². The van der Waals surface area contributed by atoms with E-state index in [1.54, 1.807) is 0 Å². The van der Waals surface area contributed by atoms with Crippen LogP contribution in [0.15, 0.2) is 42.2 Å². The second-order valence-corrected chi connectivity index (χ2v) is 6.39. The van der Waals surface area contributed by atoms with Crippen LogP contribution in [0.4, 0.5) is 0 Å². The van der Waals surface area contributed by atoms with Crippen molar-refractivity contribution in [3.05, 3.63) is 37.2 Å². The van der Waals surface area contributed by atoms with Crippen LogP contribution in [0.1, 0.15) is 25.8 Å². The van der Waals surface area contributed by atoms with Gasteiger partial charge in [0, 0.05) is 58.0 Å². The van der Waals surface area contributed by atoms with Crippen LogP contribution in [-0.4, -0.2) is 56.9 Å². The molecule has 2 aromatic heterocycles. The minimum atomic E-state index is 0.448. The van der Waals surface area contributed by atoms with Crippen LogP contribution >= 0.6 is 0 Å². The summed E-state index contributed by atoms with van der Waals surface area (Å²) >= 11 is 0. The first-order valence-corrected chi connectivity index (χ1v) is 8.68. The van der Waals surface area contributed by atoms with Crippen LogP contribution < -0.4 is 5.32 Å². The first-order valence-electron chi connectivity index (χ1n) is 8.68. The molecule has 1 fully saturated rings. The fraction of sp³-hybridized carbons (Fsp3) is 0.588. The molecule has 3 rings (SSSR count). The number of hydrogen-bond acceptors (Lipinski definition) is 3. The number of guanidine groups is 1. The standard InChI is InChI=1S/C17H27N7/c1-15-5-11-22(13-16(15)23-12-8-19-14-23)17(18-2)20-6-3-9-24-10-4-7-21-24/h4,7-8,10,12,14-16H,3,5-6,9,11,13H2,1-2H3,(H,18,20). The molecule has 2 aromatic rings. The van der Waals surface area contributed by atoms with E-state index in [0.717, 1.165) is 45.0 Å². The zero-order chi connectivity index (χ0) is 16.8. The summed E-state index contributed by atoms with van der Waals surface area (Å²) in [5.41, 5.74) is 0. The lowest BCUT2D eigenvalue weighted by atomic mass is 9.93. The molecule has 1 aliphatic heterocycles. The van der Waals surface area contributed by atoms with E-state index in [9.17, 15) is 0 Å². The van der Waals surface area contributed by atoms with Gasteiger partial charge >= 0.3 is 0 Å². The third kappa shape index (κ3) is 3.96. The van der Waals surface area contributed by atoms with E-state index in [2.05, 4.69) is 43.0 Å². The van der Waals surface area contributed by atoms with E-state index in [-0.39, 0.29) is 0 Å². The van der Waals surface area contributed by atoms with E-state index < -0.39 is 0 Å². The Morgan fingerprint density at radius 2 is 2.25 bits per heavy atom. The molecule has 130 valence electrons. The SMILES string of the molecule is CN=C(NCCCn1cccn1)N1CCC(C)C(n2ccnc2)C1. The highest BCUT2D eigenvalue weighted by molar-refractivity contribution is 5.80. The van der Waals surface area contributed by atoms with Gasteiger partial charge in [0.05, 0.1) is 12.4 Å². The fourth-order valence-corrected chi connectivity index (χ4v) is 3.30. The van der Waals surface area contributed by atoms with Crippen molar-refractivity contribution in [3.8, 4) is 0 Å². The fourth-order valence-electron chi connectivity index (χ4n) is 3.30. The molecule has 2 atom stereocenters. The van der Waals surface area contributed by atoms with E-state index in [0.29, 0.717) is 12.0 Å². The lowest BCUT2D eigenvalue weighted by molar-refractivity contribution is 0.189. The largest absolute Gasteiger partial charge is 0.356 e. The average Bonchev–Trinajstić information content (AvgIpc) is 3.29. The van der Waals surface area contributed by atoms with E-state index in [1.165, 1.54) is 0 Å². The Kier molecular flexibility index (Phi) is 5.51. The van der Waals surface area contributed by atoms with Crippen LogP contribution in [0.2, 0.25) is 0 Å². The second kappa shape index (κ2) is 7.99. The van der Waals surface area contributed by atoms with E-state index in [4.69, 9.17) is 0 Å². The maximum Gasteiger partial charge on any atom is 0.193 e. The van der Waals surface area contributed by atoms with Crippen LogP contribution in [0.5, 0.6) is 0 Å². The molecule has 24 heavy (non-hydrogen) atoms. The van der Waals surface area contributed by atoms with Crippen molar-refractivity contribution in [2.45, 2.75) is 32.4 Å². The molecule has 1 aliphatic rings. The maximum atomic E-state index is 4.47. The number of nitrogens with zero attached hydrogens (tertiary/aromatic N) is 6. The first-order chi connectivity index (χ1) is 11.8.